The van der Waals surface area contributed by atoms with Crippen LogP contribution in [-0.2, 0) is 6.42 Å². The average molecular weight is 252 g/mol. The quantitative estimate of drug-likeness (QED) is 0.906. The summed E-state index contributed by atoms with van der Waals surface area (Å²) in [5, 5.41) is 10.2. The molecule has 1 heterocycles. The number of furan rings is 1. The molecule has 2 aromatic rings. The van der Waals surface area contributed by atoms with Gasteiger partial charge < -0.3 is 9.52 Å². The zero-order valence-electron chi connectivity index (χ0n) is 10.2. The van der Waals surface area contributed by atoms with Crippen molar-refractivity contribution in [2.45, 2.75) is 26.4 Å². The molecule has 1 N–H and O–H groups in total. The van der Waals surface area contributed by atoms with Crippen LogP contribution in [0.3, 0.4) is 0 Å². The van der Waals surface area contributed by atoms with Crippen LogP contribution in [0, 0.1) is 18.6 Å². The third-order valence-corrected chi connectivity index (χ3v) is 2.97. The third-order valence-electron chi connectivity index (χ3n) is 2.97. The Morgan fingerprint density at radius 3 is 2.61 bits per heavy atom. The number of aliphatic hydroxyl groups is 1. The van der Waals surface area contributed by atoms with Crippen molar-refractivity contribution in [3.05, 3.63) is 58.5 Å². The van der Waals surface area contributed by atoms with Crippen molar-refractivity contribution in [3.8, 4) is 0 Å². The van der Waals surface area contributed by atoms with Crippen molar-refractivity contribution in [3.63, 3.8) is 0 Å². The Balaban J connectivity index is 2.46. The summed E-state index contributed by atoms with van der Waals surface area (Å²) in [7, 11) is 0. The number of aryl methyl sites for hydroxylation is 2. The summed E-state index contributed by atoms with van der Waals surface area (Å²) in [6.07, 6.45) is 0.908. The van der Waals surface area contributed by atoms with Crippen LogP contribution in [0.4, 0.5) is 8.78 Å². The first-order valence-electron chi connectivity index (χ1n) is 5.74. The average Bonchev–Trinajstić information content (AvgIpc) is 2.81. The standard InChI is InChI=1S/C14H14F2O2/c1-3-13-9(4-5-18-13)14(17)10-6-8(2)11(15)7-12(10)16/h4-7,14,17H,3H2,1-2H3. The van der Waals surface area contributed by atoms with Crippen molar-refractivity contribution in [2.75, 3.05) is 0 Å². The van der Waals surface area contributed by atoms with Gasteiger partial charge in [0, 0.05) is 23.6 Å². The van der Waals surface area contributed by atoms with Gasteiger partial charge in [-0.25, -0.2) is 8.78 Å². The first-order chi connectivity index (χ1) is 8.54. The van der Waals surface area contributed by atoms with E-state index in [0.717, 1.165) is 6.07 Å². The fourth-order valence-electron chi connectivity index (χ4n) is 1.94. The van der Waals surface area contributed by atoms with Crippen molar-refractivity contribution in [2.24, 2.45) is 0 Å². The zero-order chi connectivity index (χ0) is 13.3. The molecule has 0 spiro atoms. The molecule has 2 rings (SSSR count). The van der Waals surface area contributed by atoms with Crippen LogP contribution in [-0.4, -0.2) is 5.11 Å². The Morgan fingerprint density at radius 1 is 1.22 bits per heavy atom. The molecule has 0 amide bonds. The molecular formula is C14H14F2O2. The van der Waals surface area contributed by atoms with Gasteiger partial charge in [0.15, 0.2) is 0 Å². The van der Waals surface area contributed by atoms with E-state index in [1.54, 1.807) is 6.07 Å². The highest BCUT2D eigenvalue weighted by Gasteiger charge is 2.20. The predicted molar refractivity (Wildman–Crippen MR) is 63.2 cm³/mol. The second-order valence-electron chi connectivity index (χ2n) is 4.18. The number of aliphatic hydroxyl groups excluding tert-OH is 1. The van der Waals surface area contributed by atoms with Crippen molar-refractivity contribution in [1.82, 2.24) is 0 Å². The van der Waals surface area contributed by atoms with Crippen LogP contribution in [0.5, 0.6) is 0 Å². The van der Waals surface area contributed by atoms with Crippen LogP contribution in [0.2, 0.25) is 0 Å². The highest BCUT2D eigenvalue weighted by Crippen LogP contribution is 2.29. The molecule has 1 atom stereocenters. The number of hydrogen-bond acceptors (Lipinski definition) is 2. The van der Waals surface area contributed by atoms with E-state index in [1.165, 1.54) is 19.3 Å². The fraction of sp³-hybridized carbons (Fsp3) is 0.286. The van der Waals surface area contributed by atoms with Gasteiger partial charge >= 0.3 is 0 Å². The SMILES string of the molecule is CCc1occc1C(O)c1cc(C)c(F)cc1F. The van der Waals surface area contributed by atoms with Gasteiger partial charge in [0.1, 0.15) is 23.5 Å². The van der Waals surface area contributed by atoms with Crippen LogP contribution < -0.4 is 0 Å². The highest BCUT2D eigenvalue weighted by molar-refractivity contribution is 5.35. The minimum atomic E-state index is -1.14. The minimum absolute atomic E-state index is 0.0602. The molecule has 1 aromatic carbocycles. The van der Waals surface area contributed by atoms with Crippen LogP contribution in [0.1, 0.15) is 35.5 Å². The highest BCUT2D eigenvalue weighted by atomic mass is 19.1. The third kappa shape index (κ3) is 2.16. The van der Waals surface area contributed by atoms with Gasteiger partial charge in [-0.1, -0.05) is 6.92 Å². The lowest BCUT2D eigenvalue weighted by atomic mass is 9.99. The summed E-state index contributed by atoms with van der Waals surface area (Å²) < 4.78 is 32.0. The Bertz CT molecular complexity index is 561. The van der Waals surface area contributed by atoms with E-state index in [4.69, 9.17) is 4.42 Å². The van der Waals surface area contributed by atoms with Crippen LogP contribution in [0.15, 0.2) is 28.9 Å². The Labute approximate surface area is 104 Å². The molecule has 18 heavy (non-hydrogen) atoms. The molecule has 4 heteroatoms. The van der Waals surface area contributed by atoms with Gasteiger partial charge in [-0.2, -0.15) is 0 Å². The molecule has 96 valence electrons. The molecule has 0 saturated heterocycles. The fourth-order valence-corrected chi connectivity index (χ4v) is 1.94. The summed E-state index contributed by atoms with van der Waals surface area (Å²) in [6, 6.07) is 3.71. The second-order valence-corrected chi connectivity index (χ2v) is 4.18. The lowest BCUT2D eigenvalue weighted by molar-refractivity contribution is 0.211. The maximum absolute atomic E-state index is 13.7. The lowest BCUT2D eigenvalue weighted by Crippen LogP contribution is -2.05. The van der Waals surface area contributed by atoms with E-state index in [2.05, 4.69) is 0 Å². The summed E-state index contributed by atoms with van der Waals surface area (Å²) in [5.74, 6) is -0.774. The van der Waals surface area contributed by atoms with E-state index in [9.17, 15) is 13.9 Å². The van der Waals surface area contributed by atoms with Gasteiger partial charge in [-0.15, -0.1) is 0 Å². The predicted octanol–water partition coefficient (Wildman–Crippen LogP) is 3.51. The molecule has 2 nitrogen and oxygen atoms in total. The number of halogens is 2. The molecule has 0 aliphatic rings. The number of rotatable bonds is 3. The molecule has 0 aliphatic heterocycles. The molecule has 0 radical (unpaired) electrons. The van der Waals surface area contributed by atoms with E-state index in [-0.39, 0.29) is 5.56 Å². The smallest absolute Gasteiger partial charge is 0.132 e. The molecule has 0 fully saturated rings. The second kappa shape index (κ2) is 4.90. The van der Waals surface area contributed by atoms with E-state index >= 15 is 0 Å². The first-order valence-corrected chi connectivity index (χ1v) is 5.74. The maximum Gasteiger partial charge on any atom is 0.132 e. The lowest BCUT2D eigenvalue weighted by Gasteiger charge is -2.13. The topological polar surface area (TPSA) is 33.4 Å². The van der Waals surface area contributed by atoms with E-state index in [0.29, 0.717) is 23.3 Å². The number of benzene rings is 1. The van der Waals surface area contributed by atoms with Crippen molar-refractivity contribution >= 4 is 0 Å². The zero-order valence-corrected chi connectivity index (χ0v) is 10.2. The monoisotopic (exact) mass is 252 g/mol. The summed E-state index contributed by atoms with van der Waals surface area (Å²) >= 11 is 0. The normalized spacial score (nSPS) is 12.7. The van der Waals surface area contributed by atoms with Gasteiger partial charge in [-0.05, 0) is 24.6 Å². The van der Waals surface area contributed by atoms with Crippen molar-refractivity contribution in [1.29, 1.82) is 0 Å². The van der Waals surface area contributed by atoms with Crippen LogP contribution in [0.25, 0.3) is 0 Å². The van der Waals surface area contributed by atoms with Crippen LogP contribution >= 0.6 is 0 Å². The molecule has 1 aromatic heterocycles. The summed E-state index contributed by atoms with van der Waals surface area (Å²) in [5.41, 5.74) is 0.874. The maximum atomic E-state index is 13.7. The van der Waals surface area contributed by atoms with Gasteiger partial charge in [-0.3, -0.25) is 0 Å². The van der Waals surface area contributed by atoms with Gasteiger partial charge in [0.05, 0.1) is 6.26 Å². The minimum Gasteiger partial charge on any atom is -0.469 e. The Kier molecular flexibility index (Phi) is 3.48. The Morgan fingerprint density at radius 2 is 1.94 bits per heavy atom. The summed E-state index contributed by atoms with van der Waals surface area (Å²) in [6.45, 7) is 3.41. The van der Waals surface area contributed by atoms with E-state index in [1.807, 2.05) is 6.92 Å². The number of hydrogen-bond donors (Lipinski definition) is 1. The molecule has 0 aliphatic carbocycles. The van der Waals surface area contributed by atoms with Crippen molar-refractivity contribution < 1.29 is 18.3 Å². The molecule has 1 unspecified atom stereocenters. The van der Waals surface area contributed by atoms with Gasteiger partial charge in [0.25, 0.3) is 0 Å². The first kappa shape index (κ1) is 12.8. The van der Waals surface area contributed by atoms with Gasteiger partial charge in [0.2, 0.25) is 0 Å². The summed E-state index contributed by atoms with van der Waals surface area (Å²) in [4.78, 5) is 0. The molecular weight excluding hydrogens is 238 g/mol. The van der Waals surface area contributed by atoms with E-state index < -0.39 is 17.7 Å². The largest absolute Gasteiger partial charge is 0.469 e. The molecule has 0 bridgehead atoms. The Hall–Kier alpha value is -1.68. The molecule has 0 saturated carbocycles.